The number of hydrogen-bond donors (Lipinski definition) is 0. The van der Waals surface area contributed by atoms with Crippen LogP contribution < -0.4 is 88.7 Å². The Labute approximate surface area is 519 Å². The third-order valence-electron chi connectivity index (χ3n) is 11.9. The molecule has 7 rings (SSSR count). The molecule has 410 valence electrons. The van der Waals surface area contributed by atoms with E-state index in [1.54, 1.807) is 97.1 Å². The molecule has 23 nitrogen and oxygen atoms in total. The van der Waals surface area contributed by atoms with Crippen molar-refractivity contribution in [3.05, 3.63) is 156 Å². The van der Waals surface area contributed by atoms with Gasteiger partial charge in [0.15, 0.2) is 25.0 Å². The standard InChI is InChI=1S/C49H58O23S3.3Na/c1-5-26-60-47-43(61-27-33-18-10-6-11-19-33)41(38(30(2)64-47)71-74(54,55)56)68-49-45(63-29-35-22-14-8-15-23-35)42(39(32(4)66-49)72-75(57,58)59)69-48-44(62-28-34-20-12-7-13-21-34)40(37(31(3)65-48)70-73(51,52)53)67-46(50)36-24-16-9-17-25-36;;;/h5-25,30-32,37-45,47-49H,1,26-29H2,2-4H3,(H,51,52,53)(H,54,55,56)(H,57,58,59);;;/q;3*+1/p-3/t30-,31-,32-,37+,38+,39+,40+,41+,42+,43-,44-,45-,47+,48-,49-;;;/m0.../s1. The predicted octanol–water partition coefficient (Wildman–Crippen LogP) is -5.28. The van der Waals surface area contributed by atoms with Gasteiger partial charge in [0.05, 0.1) is 50.3 Å². The number of ether oxygens (including phenoxy) is 10. The summed E-state index contributed by atoms with van der Waals surface area (Å²) < 4.78 is 191. The van der Waals surface area contributed by atoms with Gasteiger partial charge in [0.25, 0.3) is 0 Å². The van der Waals surface area contributed by atoms with Gasteiger partial charge in [-0.3, -0.25) is 12.5 Å². The largest absolute Gasteiger partial charge is 1.00 e. The van der Waals surface area contributed by atoms with Gasteiger partial charge >= 0.3 is 94.6 Å². The Kier molecular flexibility index (Phi) is 28.1. The summed E-state index contributed by atoms with van der Waals surface area (Å²) >= 11 is 0. The minimum atomic E-state index is -5.67. The fraction of sp³-hybridized carbons (Fsp3) is 0.449. The van der Waals surface area contributed by atoms with E-state index in [0.29, 0.717) is 16.7 Å². The molecule has 3 saturated heterocycles. The van der Waals surface area contributed by atoms with Gasteiger partial charge in [-0.1, -0.05) is 115 Å². The third kappa shape index (κ3) is 20.3. The zero-order chi connectivity index (χ0) is 53.9. The van der Waals surface area contributed by atoms with Crippen molar-refractivity contribution in [2.45, 2.75) is 133 Å². The van der Waals surface area contributed by atoms with Crippen molar-refractivity contribution >= 4 is 37.2 Å². The topological polar surface area (TPSA) is 309 Å². The van der Waals surface area contributed by atoms with Crippen molar-refractivity contribution in [1.82, 2.24) is 0 Å². The normalized spacial score (nSPS) is 29.4. The molecule has 4 aromatic carbocycles. The van der Waals surface area contributed by atoms with Crippen LogP contribution in [0.1, 0.15) is 47.8 Å². The van der Waals surface area contributed by atoms with E-state index >= 15 is 0 Å². The zero-order valence-corrected chi connectivity index (χ0v) is 51.9. The van der Waals surface area contributed by atoms with Gasteiger partial charge < -0.3 is 61.0 Å². The van der Waals surface area contributed by atoms with Crippen LogP contribution in [-0.4, -0.2) is 144 Å². The Bertz CT molecular complexity index is 2800. The molecular weight excluding hydrogens is 1120 g/mol. The minimum absolute atomic E-state index is 0. The van der Waals surface area contributed by atoms with Crippen LogP contribution in [0.5, 0.6) is 0 Å². The molecule has 0 aliphatic carbocycles. The fourth-order valence-corrected chi connectivity index (χ4v) is 10.2. The summed E-state index contributed by atoms with van der Waals surface area (Å²) in [6.07, 6.45) is -24.4. The molecule has 4 aromatic rings. The fourth-order valence-electron chi connectivity index (χ4n) is 8.59. The second kappa shape index (κ2) is 31.8. The van der Waals surface area contributed by atoms with E-state index in [2.05, 4.69) is 6.58 Å². The van der Waals surface area contributed by atoms with Crippen molar-refractivity contribution in [1.29, 1.82) is 0 Å². The zero-order valence-electron chi connectivity index (χ0n) is 43.4. The average Bonchev–Trinajstić information content (AvgIpc) is 3.36. The van der Waals surface area contributed by atoms with Crippen LogP contribution in [0.15, 0.2) is 134 Å². The molecule has 0 radical (unpaired) electrons. The van der Waals surface area contributed by atoms with Crippen LogP contribution in [0.4, 0.5) is 0 Å². The summed E-state index contributed by atoms with van der Waals surface area (Å²) in [4.78, 5) is 13.9. The SMILES string of the molecule is C=CCO[C@@H]1O[C@@H](C)[C@@H](OS(=O)(=O)[O-])[C@@H](O[C@@H]2O[C@@H](C)[C@@H](OS(=O)(=O)[O-])[C@@H](O[C@@H]3O[C@@H](C)[C@@H](OS(=O)(=O)[O-])[C@@H](OC(=O)c4ccccc4)[C@@H]3OCc3ccccc3)[C@@H]2OCc2ccccc2)[C@@H]1OCc1ccccc1.[Na+].[Na+].[Na+]. The summed E-state index contributed by atoms with van der Waals surface area (Å²) in [7, 11) is -16.8. The van der Waals surface area contributed by atoms with Crippen LogP contribution >= 0.6 is 0 Å². The molecule has 0 spiro atoms. The van der Waals surface area contributed by atoms with E-state index in [1.165, 1.54) is 51.1 Å². The molecular formula is C49H55Na3O23S3. The van der Waals surface area contributed by atoms with E-state index in [1.807, 2.05) is 0 Å². The molecule has 3 fully saturated rings. The van der Waals surface area contributed by atoms with Crippen LogP contribution in [0.25, 0.3) is 0 Å². The van der Waals surface area contributed by atoms with E-state index in [4.69, 9.17) is 59.9 Å². The van der Waals surface area contributed by atoms with Gasteiger partial charge in [0.1, 0.15) is 48.8 Å². The van der Waals surface area contributed by atoms with Gasteiger partial charge in [-0.15, -0.1) is 6.58 Å². The van der Waals surface area contributed by atoms with E-state index in [-0.39, 0.29) is 121 Å². The number of rotatable bonds is 24. The van der Waals surface area contributed by atoms with E-state index in [9.17, 15) is 43.7 Å². The summed E-state index contributed by atoms with van der Waals surface area (Å²) in [6.45, 7) is 6.66. The number of benzene rings is 4. The average molecular weight is 1180 g/mol. The summed E-state index contributed by atoms with van der Waals surface area (Å²) in [5.41, 5.74) is 1.65. The van der Waals surface area contributed by atoms with Crippen molar-refractivity contribution in [3.8, 4) is 0 Å². The maximum absolute atomic E-state index is 13.9. The second-order valence-corrected chi connectivity index (χ2v) is 20.4. The first-order chi connectivity index (χ1) is 35.7. The predicted molar refractivity (Wildman–Crippen MR) is 253 cm³/mol. The van der Waals surface area contributed by atoms with Gasteiger partial charge in [0.2, 0.25) is 31.2 Å². The van der Waals surface area contributed by atoms with Crippen molar-refractivity contribution < 1.29 is 192 Å². The maximum Gasteiger partial charge on any atom is 1.00 e. The minimum Gasteiger partial charge on any atom is -0.726 e. The van der Waals surface area contributed by atoms with E-state index < -0.39 is 129 Å². The Balaban J connectivity index is 0.00000437. The molecule has 0 unspecified atom stereocenters. The first-order valence-corrected chi connectivity index (χ1v) is 27.3. The quantitative estimate of drug-likeness (QED) is 0.0208. The van der Waals surface area contributed by atoms with Crippen molar-refractivity contribution in [2.75, 3.05) is 6.61 Å². The van der Waals surface area contributed by atoms with E-state index in [0.717, 1.165) is 0 Å². The molecule has 0 bridgehead atoms. The smallest absolute Gasteiger partial charge is 0.726 e. The number of carbonyl (C=O) groups is 1. The number of carbonyl (C=O) groups excluding carboxylic acids is 1. The number of esters is 1. The Morgan fingerprint density at radius 2 is 0.769 bits per heavy atom. The van der Waals surface area contributed by atoms with Crippen molar-refractivity contribution in [3.63, 3.8) is 0 Å². The van der Waals surface area contributed by atoms with Crippen LogP contribution in [0.2, 0.25) is 0 Å². The molecule has 3 heterocycles. The molecule has 0 aromatic heterocycles. The Hall–Kier alpha value is -1.66. The van der Waals surface area contributed by atoms with Crippen molar-refractivity contribution in [2.24, 2.45) is 0 Å². The molecule has 3 aliphatic heterocycles. The van der Waals surface area contributed by atoms with Crippen LogP contribution in [0, 0.1) is 0 Å². The summed E-state index contributed by atoms with van der Waals surface area (Å²) in [5, 5.41) is 0. The Morgan fingerprint density at radius 3 is 1.12 bits per heavy atom. The van der Waals surface area contributed by atoms with Gasteiger partial charge in [0, 0.05) is 0 Å². The van der Waals surface area contributed by atoms with Crippen LogP contribution in [0.3, 0.4) is 0 Å². The van der Waals surface area contributed by atoms with Gasteiger partial charge in [-0.2, -0.15) is 0 Å². The van der Waals surface area contributed by atoms with Gasteiger partial charge in [-0.25, -0.2) is 30.0 Å². The first kappa shape index (κ1) is 68.8. The Morgan fingerprint density at radius 1 is 0.462 bits per heavy atom. The molecule has 29 heteroatoms. The molecule has 78 heavy (non-hydrogen) atoms. The van der Waals surface area contributed by atoms with Gasteiger partial charge in [-0.05, 0) is 49.6 Å². The molecule has 0 saturated carbocycles. The maximum atomic E-state index is 13.9. The van der Waals surface area contributed by atoms with Crippen LogP contribution in [-0.2, 0) is 111 Å². The molecule has 15 atom stereocenters. The first-order valence-electron chi connectivity index (χ1n) is 23.3. The second-order valence-electron chi connectivity index (χ2n) is 17.4. The monoisotopic (exact) mass is 1180 g/mol. The molecule has 0 N–H and O–H groups in total. The summed E-state index contributed by atoms with van der Waals surface area (Å²) in [5.74, 6) is -1.03. The third-order valence-corrected chi connectivity index (χ3v) is 13.3. The number of hydrogen-bond acceptors (Lipinski definition) is 23. The summed E-state index contributed by atoms with van der Waals surface area (Å²) in [6, 6.07) is 33.0. The molecule has 0 amide bonds. The molecule has 3 aliphatic rings.